The van der Waals surface area contributed by atoms with Crippen molar-refractivity contribution in [3.8, 4) is 11.5 Å². The van der Waals surface area contributed by atoms with Crippen LogP contribution in [0.3, 0.4) is 0 Å². The quantitative estimate of drug-likeness (QED) is 0.504. The number of hydrogen-bond acceptors (Lipinski definition) is 6. The summed E-state index contributed by atoms with van der Waals surface area (Å²) in [5.74, 6) is 1.35. The molecule has 0 atom stereocenters. The number of amides is 1. The molecule has 0 bridgehead atoms. The highest BCUT2D eigenvalue weighted by molar-refractivity contribution is 7.22. The molecule has 1 aliphatic heterocycles. The Balaban J connectivity index is 1.59. The number of rotatable bonds is 7. The first-order valence-corrected chi connectivity index (χ1v) is 11.1. The van der Waals surface area contributed by atoms with E-state index in [2.05, 4.69) is 30.9 Å². The lowest BCUT2D eigenvalue weighted by atomic mass is 10.1. The van der Waals surface area contributed by atoms with Crippen molar-refractivity contribution in [2.24, 2.45) is 0 Å². The van der Waals surface area contributed by atoms with E-state index in [1.54, 1.807) is 22.3 Å². The molecule has 3 aromatic rings. The summed E-state index contributed by atoms with van der Waals surface area (Å²) in [5, 5.41) is 0.739. The molecule has 0 saturated carbocycles. The summed E-state index contributed by atoms with van der Waals surface area (Å²) in [6.45, 7) is 5.91. The molecule has 6 nitrogen and oxygen atoms in total. The molecular weight excluding hydrogens is 410 g/mol. The third-order valence-electron chi connectivity index (χ3n) is 5.11. The molecule has 0 aliphatic carbocycles. The van der Waals surface area contributed by atoms with Crippen LogP contribution in [-0.4, -0.2) is 49.8 Å². The van der Waals surface area contributed by atoms with Crippen LogP contribution in [0.1, 0.15) is 23.1 Å². The average Bonchev–Trinajstić information content (AvgIpc) is 3.35. The van der Waals surface area contributed by atoms with E-state index in [1.165, 1.54) is 11.1 Å². The van der Waals surface area contributed by atoms with Crippen molar-refractivity contribution in [3.63, 3.8) is 0 Å². The van der Waals surface area contributed by atoms with Crippen LogP contribution < -0.4 is 14.4 Å². The highest BCUT2D eigenvalue weighted by Gasteiger charge is 2.19. The Hall–Kier alpha value is -2.90. The first-order valence-electron chi connectivity index (χ1n) is 10.3. The van der Waals surface area contributed by atoms with Gasteiger partial charge in [0.2, 0.25) is 6.79 Å². The minimum absolute atomic E-state index is 0.0788. The molecule has 0 saturated heterocycles. The van der Waals surface area contributed by atoms with Crippen molar-refractivity contribution in [1.82, 2.24) is 9.88 Å². The van der Waals surface area contributed by atoms with E-state index in [9.17, 15) is 4.79 Å². The first kappa shape index (κ1) is 21.3. The summed E-state index contributed by atoms with van der Waals surface area (Å²) in [7, 11) is 4.07. The van der Waals surface area contributed by atoms with Crippen molar-refractivity contribution >= 4 is 38.7 Å². The van der Waals surface area contributed by atoms with Crippen molar-refractivity contribution in [1.29, 1.82) is 0 Å². The number of carbonyl (C=O) groups is 1. The van der Waals surface area contributed by atoms with Gasteiger partial charge in [-0.1, -0.05) is 23.5 Å². The number of ether oxygens (including phenoxy) is 2. The zero-order chi connectivity index (χ0) is 22.0. The lowest BCUT2D eigenvalue weighted by molar-refractivity contribution is -0.114. The minimum atomic E-state index is -0.0788. The predicted octanol–water partition coefficient (Wildman–Crippen LogP) is 4.64. The third kappa shape index (κ3) is 4.89. The van der Waals surface area contributed by atoms with Crippen LogP contribution >= 0.6 is 11.3 Å². The van der Waals surface area contributed by atoms with E-state index in [0.717, 1.165) is 39.6 Å². The molecular formula is C24H27N3O3S. The zero-order valence-electron chi connectivity index (χ0n) is 18.3. The second kappa shape index (κ2) is 9.08. The van der Waals surface area contributed by atoms with Gasteiger partial charge in [0.25, 0.3) is 5.91 Å². The van der Waals surface area contributed by atoms with Crippen LogP contribution in [0.5, 0.6) is 11.5 Å². The van der Waals surface area contributed by atoms with Gasteiger partial charge in [-0.15, -0.1) is 0 Å². The molecule has 1 aromatic heterocycles. The van der Waals surface area contributed by atoms with Gasteiger partial charge < -0.3 is 14.4 Å². The van der Waals surface area contributed by atoms with Gasteiger partial charge in [0.1, 0.15) is 0 Å². The number of nitrogens with zero attached hydrogens (tertiary/aromatic N) is 3. The summed E-state index contributed by atoms with van der Waals surface area (Å²) in [6.07, 6.45) is 4.29. The normalized spacial score (nSPS) is 12.9. The van der Waals surface area contributed by atoms with E-state index in [1.807, 2.05) is 38.4 Å². The smallest absolute Gasteiger partial charge is 0.252 e. The standard InChI is InChI=1S/C24H27N3O3S/c1-16-12-17(2)23-19(13-16)25-24(31-23)27(11-5-10-26(3)4)22(28)9-7-18-6-8-20-21(14-18)30-15-29-20/h6-9,12-14H,5,10-11,15H2,1-4H3. The highest BCUT2D eigenvalue weighted by atomic mass is 32.1. The third-order valence-corrected chi connectivity index (χ3v) is 6.34. The lowest BCUT2D eigenvalue weighted by Gasteiger charge is -2.19. The first-order chi connectivity index (χ1) is 14.9. The number of anilines is 1. The molecule has 162 valence electrons. The molecule has 1 amide bonds. The van der Waals surface area contributed by atoms with Gasteiger partial charge in [-0.05, 0) is 81.9 Å². The average molecular weight is 438 g/mol. The Morgan fingerprint density at radius 1 is 1.13 bits per heavy atom. The minimum Gasteiger partial charge on any atom is -0.454 e. The maximum atomic E-state index is 13.2. The summed E-state index contributed by atoms with van der Waals surface area (Å²) in [5.41, 5.74) is 4.20. The topological polar surface area (TPSA) is 54.9 Å². The van der Waals surface area contributed by atoms with Crippen LogP contribution in [-0.2, 0) is 4.79 Å². The van der Waals surface area contributed by atoms with Crippen molar-refractivity contribution in [2.75, 3.05) is 38.9 Å². The van der Waals surface area contributed by atoms with Crippen molar-refractivity contribution in [3.05, 3.63) is 53.1 Å². The summed E-state index contributed by atoms with van der Waals surface area (Å²) >= 11 is 1.58. The summed E-state index contributed by atoms with van der Waals surface area (Å²) in [6, 6.07) is 9.89. The fourth-order valence-electron chi connectivity index (χ4n) is 3.60. The van der Waals surface area contributed by atoms with Gasteiger partial charge >= 0.3 is 0 Å². The fourth-order valence-corrected chi connectivity index (χ4v) is 4.65. The number of thiazole rings is 1. The Morgan fingerprint density at radius 2 is 1.94 bits per heavy atom. The molecule has 31 heavy (non-hydrogen) atoms. The molecule has 1 aliphatic rings. The number of hydrogen-bond donors (Lipinski definition) is 0. The molecule has 0 spiro atoms. The molecule has 2 heterocycles. The molecule has 0 N–H and O–H groups in total. The zero-order valence-corrected chi connectivity index (χ0v) is 19.2. The number of fused-ring (bicyclic) bond motifs is 2. The molecule has 7 heteroatoms. The Labute approximate surface area is 186 Å². The molecule has 0 radical (unpaired) electrons. The summed E-state index contributed by atoms with van der Waals surface area (Å²) < 4.78 is 11.9. The maximum Gasteiger partial charge on any atom is 0.252 e. The van der Waals surface area contributed by atoms with E-state index in [4.69, 9.17) is 14.5 Å². The van der Waals surface area contributed by atoms with Gasteiger partial charge in [0.15, 0.2) is 16.6 Å². The molecule has 4 rings (SSSR count). The second-order valence-electron chi connectivity index (χ2n) is 8.02. The van der Waals surface area contributed by atoms with Crippen LogP contribution in [0.2, 0.25) is 0 Å². The summed E-state index contributed by atoms with van der Waals surface area (Å²) in [4.78, 5) is 21.9. The maximum absolute atomic E-state index is 13.2. The Morgan fingerprint density at radius 3 is 2.74 bits per heavy atom. The monoisotopic (exact) mass is 437 g/mol. The lowest BCUT2D eigenvalue weighted by Crippen LogP contribution is -2.32. The van der Waals surface area contributed by atoms with Crippen LogP contribution in [0, 0.1) is 13.8 Å². The van der Waals surface area contributed by atoms with E-state index < -0.39 is 0 Å². The molecule has 2 aromatic carbocycles. The SMILES string of the molecule is Cc1cc(C)c2sc(N(CCCN(C)C)C(=O)C=Cc3ccc4c(c3)OCO4)nc2c1. The Bertz CT molecular complexity index is 1140. The molecule has 0 unspecified atom stereocenters. The predicted molar refractivity (Wildman–Crippen MR) is 126 cm³/mol. The Kier molecular flexibility index (Phi) is 6.25. The van der Waals surface area contributed by atoms with Gasteiger partial charge in [-0.2, -0.15) is 0 Å². The van der Waals surface area contributed by atoms with Crippen molar-refractivity contribution < 1.29 is 14.3 Å². The van der Waals surface area contributed by atoms with Gasteiger partial charge in [-0.3, -0.25) is 9.69 Å². The largest absolute Gasteiger partial charge is 0.454 e. The highest BCUT2D eigenvalue weighted by Crippen LogP contribution is 2.34. The van der Waals surface area contributed by atoms with Crippen LogP contribution in [0.25, 0.3) is 16.3 Å². The van der Waals surface area contributed by atoms with Crippen LogP contribution in [0.15, 0.2) is 36.4 Å². The number of aryl methyl sites for hydroxylation is 2. The molecule has 0 fully saturated rings. The van der Waals surface area contributed by atoms with Gasteiger partial charge in [0, 0.05) is 12.6 Å². The van der Waals surface area contributed by atoms with E-state index in [-0.39, 0.29) is 12.7 Å². The van der Waals surface area contributed by atoms with E-state index >= 15 is 0 Å². The van der Waals surface area contributed by atoms with E-state index in [0.29, 0.717) is 12.3 Å². The second-order valence-corrected chi connectivity index (χ2v) is 9.00. The number of benzene rings is 2. The fraction of sp³-hybridized carbons (Fsp3) is 0.333. The van der Waals surface area contributed by atoms with Gasteiger partial charge in [-0.25, -0.2) is 4.98 Å². The number of carbonyl (C=O) groups excluding carboxylic acids is 1. The van der Waals surface area contributed by atoms with Gasteiger partial charge in [0.05, 0.1) is 10.2 Å². The van der Waals surface area contributed by atoms with Crippen LogP contribution in [0.4, 0.5) is 5.13 Å². The van der Waals surface area contributed by atoms with Crippen molar-refractivity contribution in [2.45, 2.75) is 20.3 Å². The number of aromatic nitrogens is 1.